The van der Waals surface area contributed by atoms with Crippen LogP contribution in [0.25, 0.3) is 0 Å². The van der Waals surface area contributed by atoms with Gasteiger partial charge in [0.05, 0.1) is 30.3 Å². The van der Waals surface area contributed by atoms with Crippen LogP contribution in [0.2, 0.25) is 5.02 Å². The van der Waals surface area contributed by atoms with E-state index in [1.807, 2.05) is 0 Å². The molecule has 2 rings (SSSR count). The molecule has 0 radical (unpaired) electrons. The third-order valence-electron chi connectivity index (χ3n) is 3.37. The number of rotatable bonds is 5. The molecule has 0 saturated carbocycles. The molecule has 1 unspecified atom stereocenters. The maximum Gasteiger partial charge on any atom is 0.339 e. The van der Waals surface area contributed by atoms with Gasteiger partial charge in [-0.15, -0.1) is 0 Å². The third kappa shape index (κ3) is 4.91. The summed E-state index contributed by atoms with van der Waals surface area (Å²) < 4.78 is 17.9. The molecule has 8 heteroatoms. The molecular formula is C17H16ClFN2O4. The van der Waals surface area contributed by atoms with Gasteiger partial charge in [-0.25, -0.2) is 14.0 Å². The minimum absolute atomic E-state index is 0.103. The second-order valence-corrected chi connectivity index (χ2v) is 5.48. The van der Waals surface area contributed by atoms with Crippen LogP contribution < -0.4 is 10.6 Å². The van der Waals surface area contributed by atoms with E-state index in [2.05, 4.69) is 15.4 Å². The monoisotopic (exact) mass is 366 g/mol. The van der Waals surface area contributed by atoms with Crippen molar-refractivity contribution in [2.24, 2.45) is 0 Å². The number of aliphatic hydroxyl groups excluding tert-OH is 1. The van der Waals surface area contributed by atoms with Crippen molar-refractivity contribution in [3.8, 4) is 0 Å². The van der Waals surface area contributed by atoms with Crippen LogP contribution in [0.4, 0.5) is 14.9 Å². The van der Waals surface area contributed by atoms with Crippen molar-refractivity contribution in [1.29, 1.82) is 0 Å². The Morgan fingerprint density at radius 3 is 2.68 bits per heavy atom. The van der Waals surface area contributed by atoms with E-state index in [9.17, 15) is 19.1 Å². The van der Waals surface area contributed by atoms with Gasteiger partial charge in [-0.2, -0.15) is 0 Å². The first-order valence-electron chi connectivity index (χ1n) is 7.26. The van der Waals surface area contributed by atoms with Crippen LogP contribution >= 0.6 is 11.6 Å². The average molecular weight is 367 g/mol. The van der Waals surface area contributed by atoms with Gasteiger partial charge in [0, 0.05) is 5.69 Å². The topological polar surface area (TPSA) is 87.7 Å². The van der Waals surface area contributed by atoms with Crippen LogP contribution in [0.5, 0.6) is 0 Å². The van der Waals surface area contributed by atoms with Gasteiger partial charge in [0.15, 0.2) is 0 Å². The zero-order valence-corrected chi connectivity index (χ0v) is 14.0. The predicted molar refractivity (Wildman–Crippen MR) is 91.2 cm³/mol. The molecule has 0 aliphatic heterocycles. The van der Waals surface area contributed by atoms with Gasteiger partial charge in [0.2, 0.25) is 0 Å². The van der Waals surface area contributed by atoms with E-state index in [1.54, 1.807) is 6.07 Å². The first-order chi connectivity index (χ1) is 11.9. The molecule has 0 aliphatic rings. The largest absolute Gasteiger partial charge is 0.465 e. The Labute approximate surface area is 148 Å². The van der Waals surface area contributed by atoms with Gasteiger partial charge >= 0.3 is 12.0 Å². The van der Waals surface area contributed by atoms with Crippen LogP contribution in [0.3, 0.4) is 0 Å². The molecule has 0 aliphatic carbocycles. The molecule has 2 aromatic rings. The molecule has 2 aromatic carbocycles. The predicted octanol–water partition coefficient (Wildman–Crippen LogP) is 3.12. The first-order valence-corrected chi connectivity index (χ1v) is 7.64. The summed E-state index contributed by atoms with van der Waals surface area (Å²) in [5.74, 6) is -1.11. The molecule has 1 atom stereocenters. The first kappa shape index (κ1) is 18.7. The second-order valence-electron chi connectivity index (χ2n) is 5.07. The second kappa shape index (κ2) is 8.46. The van der Waals surface area contributed by atoms with E-state index in [4.69, 9.17) is 11.6 Å². The number of halogens is 2. The van der Waals surface area contributed by atoms with Crippen molar-refractivity contribution in [3.05, 3.63) is 64.4 Å². The van der Waals surface area contributed by atoms with E-state index < -0.39 is 30.5 Å². The van der Waals surface area contributed by atoms with Gasteiger partial charge < -0.3 is 20.5 Å². The van der Waals surface area contributed by atoms with E-state index in [0.29, 0.717) is 11.3 Å². The zero-order chi connectivity index (χ0) is 18.4. The summed E-state index contributed by atoms with van der Waals surface area (Å²) in [5.41, 5.74) is 0.827. The van der Waals surface area contributed by atoms with E-state index in [-0.39, 0.29) is 10.6 Å². The van der Waals surface area contributed by atoms with Crippen molar-refractivity contribution >= 4 is 29.3 Å². The van der Waals surface area contributed by atoms with Crippen LogP contribution in [0, 0.1) is 5.82 Å². The number of carbonyl (C=O) groups excluding carboxylic acids is 2. The molecule has 25 heavy (non-hydrogen) atoms. The number of benzene rings is 2. The molecule has 6 nitrogen and oxygen atoms in total. The van der Waals surface area contributed by atoms with Crippen LogP contribution in [-0.2, 0) is 4.74 Å². The number of carbonyl (C=O) groups is 2. The minimum Gasteiger partial charge on any atom is -0.465 e. The maximum atomic E-state index is 13.3. The van der Waals surface area contributed by atoms with Crippen LogP contribution in [-0.4, -0.2) is 30.8 Å². The van der Waals surface area contributed by atoms with Crippen molar-refractivity contribution in [2.45, 2.75) is 6.04 Å². The Morgan fingerprint density at radius 1 is 1.28 bits per heavy atom. The minimum atomic E-state index is -0.789. The zero-order valence-electron chi connectivity index (χ0n) is 13.3. The number of ether oxygens (including phenoxy) is 1. The lowest BCUT2D eigenvalue weighted by molar-refractivity contribution is 0.0601. The van der Waals surface area contributed by atoms with Crippen molar-refractivity contribution in [2.75, 3.05) is 19.0 Å². The number of nitrogens with one attached hydrogen (secondary N) is 2. The van der Waals surface area contributed by atoms with Gasteiger partial charge in [-0.3, -0.25) is 0 Å². The molecule has 2 amide bonds. The third-order valence-corrected chi connectivity index (χ3v) is 3.70. The summed E-state index contributed by atoms with van der Waals surface area (Å²) in [6.45, 7) is -0.412. The van der Waals surface area contributed by atoms with Crippen LogP contribution in [0.1, 0.15) is 22.0 Å². The molecule has 0 heterocycles. The molecule has 0 bridgehead atoms. The SMILES string of the molecule is COC(=O)c1cc(NC(=O)NC(CO)c2cccc(F)c2)ccc1Cl. The summed E-state index contributed by atoms with van der Waals surface area (Å²) in [4.78, 5) is 23.7. The Bertz CT molecular complexity index is 785. The number of urea groups is 1. The highest BCUT2D eigenvalue weighted by Gasteiger charge is 2.16. The maximum absolute atomic E-state index is 13.3. The number of anilines is 1. The Hall–Kier alpha value is -2.64. The average Bonchev–Trinajstić information content (AvgIpc) is 2.60. The normalized spacial score (nSPS) is 11.5. The summed E-state index contributed by atoms with van der Waals surface area (Å²) in [5, 5.41) is 14.6. The van der Waals surface area contributed by atoms with Gasteiger partial charge in [0.1, 0.15) is 5.82 Å². The van der Waals surface area contributed by atoms with E-state index in [0.717, 1.165) is 0 Å². The Kier molecular flexibility index (Phi) is 6.32. The molecule has 3 N–H and O–H groups in total. The lowest BCUT2D eigenvalue weighted by Gasteiger charge is -2.17. The smallest absolute Gasteiger partial charge is 0.339 e. The number of methoxy groups -OCH3 is 1. The van der Waals surface area contributed by atoms with Gasteiger partial charge in [0.25, 0.3) is 0 Å². The molecule has 0 aromatic heterocycles. The highest BCUT2D eigenvalue weighted by molar-refractivity contribution is 6.33. The molecular weight excluding hydrogens is 351 g/mol. The van der Waals surface area contributed by atoms with Crippen molar-refractivity contribution in [1.82, 2.24) is 5.32 Å². The summed E-state index contributed by atoms with van der Waals surface area (Å²) in [6.07, 6.45) is 0. The molecule has 0 saturated heterocycles. The number of hydrogen-bond donors (Lipinski definition) is 3. The highest BCUT2D eigenvalue weighted by Crippen LogP contribution is 2.21. The van der Waals surface area contributed by atoms with Gasteiger partial charge in [-0.05, 0) is 35.9 Å². The number of esters is 1. The molecule has 0 fully saturated rings. The van der Waals surface area contributed by atoms with E-state index in [1.165, 1.54) is 43.5 Å². The van der Waals surface area contributed by atoms with Crippen molar-refractivity contribution in [3.63, 3.8) is 0 Å². The fraction of sp³-hybridized carbons (Fsp3) is 0.176. The van der Waals surface area contributed by atoms with Crippen molar-refractivity contribution < 1.29 is 23.8 Å². The number of aliphatic hydroxyl groups is 1. The van der Waals surface area contributed by atoms with E-state index >= 15 is 0 Å². The summed E-state index contributed by atoms with van der Waals surface area (Å²) >= 11 is 5.91. The fourth-order valence-electron chi connectivity index (χ4n) is 2.15. The lowest BCUT2D eigenvalue weighted by atomic mass is 10.1. The Balaban J connectivity index is 2.10. The molecule has 0 spiro atoms. The van der Waals surface area contributed by atoms with Gasteiger partial charge in [-0.1, -0.05) is 23.7 Å². The fourth-order valence-corrected chi connectivity index (χ4v) is 2.35. The summed E-state index contributed by atoms with van der Waals surface area (Å²) in [6, 6.07) is 8.44. The lowest BCUT2D eigenvalue weighted by Crippen LogP contribution is -2.34. The molecule has 132 valence electrons. The summed E-state index contributed by atoms with van der Waals surface area (Å²) in [7, 11) is 1.22. The number of amides is 2. The van der Waals surface area contributed by atoms with Crippen LogP contribution in [0.15, 0.2) is 42.5 Å². The quantitative estimate of drug-likeness (QED) is 0.709. The number of hydrogen-bond acceptors (Lipinski definition) is 4. The highest BCUT2D eigenvalue weighted by atomic mass is 35.5. The standard InChI is InChI=1S/C17H16ClFN2O4/c1-25-16(23)13-8-12(5-6-14(13)18)20-17(24)21-15(9-22)10-3-2-4-11(19)7-10/h2-8,15,22H,9H2,1H3,(H2,20,21,24). The Morgan fingerprint density at radius 2 is 2.04 bits per heavy atom.